The largest absolute Gasteiger partial charge is 0.484 e. The van der Waals surface area contributed by atoms with Crippen LogP contribution in [0, 0.1) is 0 Å². The number of ether oxygens (including phenoxy) is 1. The third kappa shape index (κ3) is 9.45. The molecule has 2 amide bonds. The number of nitrogens with one attached hydrogen (secondary N) is 2. The van der Waals surface area contributed by atoms with Gasteiger partial charge in [-0.05, 0) is 62.2 Å². The van der Waals surface area contributed by atoms with Crippen LogP contribution < -0.4 is 15.5 Å². The van der Waals surface area contributed by atoms with Gasteiger partial charge in [0.15, 0.2) is 6.61 Å². The Morgan fingerprint density at radius 1 is 1.10 bits per heavy atom. The van der Waals surface area contributed by atoms with E-state index >= 15 is 0 Å². The Hall–Kier alpha value is -2.32. The maximum absolute atomic E-state index is 11.9. The van der Waals surface area contributed by atoms with E-state index in [0.29, 0.717) is 11.5 Å². The average molecular weight is 492 g/mol. The molecule has 0 bridgehead atoms. The third-order valence-electron chi connectivity index (χ3n) is 3.62. The second kappa shape index (κ2) is 11.8. The second-order valence-corrected chi connectivity index (χ2v) is 9.37. The molecular formula is C22H26BrN3O3S. The van der Waals surface area contributed by atoms with Crippen LogP contribution in [-0.4, -0.2) is 35.9 Å². The van der Waals surface area contributed by atoms with Crippen LogP contribution in [0.15, 0.2) is 58.1 Å². The van der Waals surface area contributed by atoms with Crippen LogP contribution in [-0.2, 0) is 15.3 Å². The van der Waals surface area contributed by atoms with Crippen molar-refractivity contribution in [2.45, 2.75) is 32.1 Å². The van der Waals surface area contributed by atoms with E-state index in [1.165, 1.54) is 11.8 Å². The molecule has 0 aliphatic rings. The van der Waals surface area contributed by atoms with Crippen LogP contribution in [0.1, 0.15) is 31.9 Å². The standard InChI is InChI=1S/C22H26BrN3O3S/c1-22(2,3)25-20(27)13-29-18-10-8-16(9-11-18)12-24-26-21(28)15-30-14-17-6-4-5-7-19(17)23/h4-12H,13-15H2,1-3H3,(H,25,27)(H,26,28)/b24-12+. The lowest BCUT2D eigenvalue weighted by atomic mass is 10.1. The lowest BCUT2D eigenvalue weighted by Gasteiger charge is -2.20. The molecule has 2 N–H and O–H groups in total. The van der Waals surface area contributed by atoms with Gasteiger partial charge in [-0.1, -0.05) is 34.1 Å². The van der Waals surface area contributed by atoms with Crippen LogP contribution in [0.5, 0.6) is 5.75 Å². The van der Waals surface area contributed by atoms with Crippen molar-refractivity contribution in [3.05, 3.63) is 64.1 Å². The normalized spacial score (nSPS) is 11.3. The van der Waals surface area contributed by atoms with E-state index in [2.05, 4.69) is 31.8 Å². The van der Waals surface area contributed by atoms with Crippen molar-refractivity contribution >= 4 is 45.7 Å². The average Bonchev–Trinajstić information content (AvgIpc) is 2.67. The Labute approximate surface area is 190 Å². The highest BCUT2D eigenvalue weighted by Gasteiger charge is 2.13. The maximum Gasteiger partial charge on any atom is 0.258 e. The Balaban J connectivity index is 1.70. The summed E-state index contributed by atoms with van der Waals surface area (Å²) in [5.74, 6) is 1.32. The SMILES string of the molecule is CC(C)(C)NC(=O)COc1ccc(/C=N/NC(=O)CSCc2ccccc2Br)cc1. The van der Waals surface area contributed by atoms with E-state index < -0.39 is 0 Å². The predicted octanol–water partition coefficient (Wildman–Crippen LogP) is 4.13. The smallest absolute Gasteiger partial charge is 0.258 e. The minimum absolute atomic E-state index is 0.0437. The number of thioether (sulfide) groups is 1. The number of halogens is 1. The molecule has 0 aliphatic heterocycles. The van der Waals surface area contributed by atoms with Crippen LogP contribution in [0.4, 0.5) is 0 Å². The number of benzene rings is 2. The van der Waals surface area contributed by atoms with Gasteiger partial charge < -0.3 is 10.1 Å². The lowest BCUT2D eigenvalue weighted by molar-refractivity contribution is -0.124. The number of carbonyl (C=O) groups excluding carboxylic acids is 2. The minimum atomic E-state index is -0.290. The van der Waals surface area contributed by atoms with Gasteiger partial charge >= 0.3 is 0 Å². The molecule has 160 valence electrons. The number of hydrogen-bond donors (Lipinski definition) is 2. The van der Waals surface area contributed by atoms with Gasteiger partial charge in [-0.15, -0.1) is 11.8 Å². The first kappa shape index (κ1) is 24.0. The van der Waals surface area contributed by atoms with E-state index in [0.717, 1.165) is 21.4 Å². The zero-order valence-corrected chi connectivity index (χ0v) is 19.7. The predicted molar refractivity (Wildman–Crippen MR) is 126 cm³/mol. The molecule has 30 heavy (non-hydrogen) atoms. The van der Waals surface area contributed by atoms with Crippen molar-refractivity contribution < 1.29 is 14.3 Å². The number of carbonyl (C=O) groups is 2. The summed E-state index contributed by atoms with van der Waals surface area (Å²) in [6, 6.07) is 15.0. The van der Waals surface area contributed by atoms with Crippen molar-refractivity contribution in [2.24, 2.45) is 5.10 Å². The molecule has 2 aromatic carbocycles. The molecule has 2 aromatic rings. The van der Waals surface area contributed by atoms with Gasteiger partial charge in [0.2, 0.25) is 5.91 Å². The van der Waals surface area contributed by atoms with Crippen LogP contribution in [0.3, 0.4) is 0 Å². The number of rotatable bonds is 9. The molecule has 0 saturated heterocycles. The summed E-state index contributed by atoms with van der Waals surface area (Å²) in [4.78, 5) is 23.7. The van der Waals surface area contributed by atoms with Gasteiger partial charge in [0.1, 0.15) is 5.75 Å². The molecule has 0 aromatic heterocycles. The number of hydrazone groups is 1. The summed E-state index contributed by atoms with van der Waals surface area (Å²) >= 11 is 5.02. The molecular weight excluding hydrogens is 466 g/mol. The summed E-state index contributed by atoms with van der Waals surface area (Å²) in [7, 11) is 0. The molecule has 0 spiro atoms. The molecule has 0 fully saturated rings. The molecule has 0 atom stereocenters. The summed E-state index contributed by atoms with van der Waals surface area (Å²) in [5.41, 5.74) is 4.19. The Morgan fingerprint density at radius 2 is 1.80 bits per heavy atom. The van der Waals surface area contributed by atoms with E-state index in [9.17, 15) is 9.59 Å². The topological polar surface area (TPSA) is 79.8 Å². The summed E-state index contributed by atoms with van der Waals surface area (Å²) in [6.07, 6.45) is 1.56. The van der Waals surface area contributed by atoms with E-state index in [-0.39, 0.29) is 24.0 Å². The Morgan fingerprint density at radius 3 is 2.47 bits per heavy atom. The van der Waals surface area contributed by atoms with Crippen LogP contribution >= 0.6 is 27.7 Å². The van der Waals surface area contributed by atoms with Gasteiger partial charge in [-0.2, -0.15) is 5.10 Å². The monoisotopic (exact) mass is 491 g/mol. The van der Waals surface area contributed by atoms with Gasteiger partial charge in [0, 0.05) is 15.8 Å². The maximum atomic E-state index is 11.9. The molecule has 0 heterocycles. The lowest BCUT2D eigenvalue weighted by Crippen LogP contribution is -2.43. The van der Waals surface area contributed by atoms with Gasteiger partial charge in [-0.3, -0.25) is 9.59 Å². The van der Waals surface area contributed by atoms with Crippen molar-refractivity contribution in [3.8, 4) is 5.75 Å². The summed E-state index contributed by atoms with van der Waals surface area (Å²) < 4.78 is 6.51. The summed E-state index contributed by atoms with van der Waals surface area (Å²) in [5, 5.41) is 6.81. The van der Waals surface area contributed by atoms with Gasteiger partial charge in [-0.25, -0.2) is 5.43 Å². The van der Waals surface area contributed by atoms with Crippen LogP contribution in [0.25, 0.3) is 0 Å². The molecule has 6 nitrogen and oxygen atoms in total. The van der Waals surface area contributed by atoms with E-state index in [4.69, 9.17) is 4.74 Å². The first-order chi connectivity index (χ1) is 14.2. The highest BCUT2D eigenvalue weighted by molar-refractivity contribution is 9.10. The molecule has 0 unspecified atom stereocenters. The molecule has 0 saturated carbocycles. The zero-order chi connectivity index (χ0) is 22.0. The summed E-state index contributed by atoms with van der Waals surface area (Å²) in [6.45, 7) is 5.70. The van der Waals surface area contributed by atoms with Crippen molar-refractivity contribution in [2.75, 3.05) is 12.4 Å². The molecule has 0 aliphatic carbocycles. The Bertz CT molecular complexity index is 880. The first-order valence-corrected chi connectivity index (χ1v) is 11.3. The van der Waals surface area contributed by atoms with Gasteiger partial charge in [0.25, 0.3) is 5.91 Å². The fourth-order valence-electron chi connectivity index (χ4n) is 2.33. The highest BCUT2D eigenvalue weighted by Crippen LogP contribution is 2.21. The van der Waals surface area contributed by atoms with E-state index in [1.807, 2.05) is 45.0 Å². The second-order valence-electron chi connectivity index (χ2n) is 7.53. The van der Waals surface area contributed by atoms with Crippen molar-refractivity contribution in [1.29, 1.82) is 0 Å². The third-order valence-corrected chi connectivity index (χ3v) is 5.37. The highest BCUT2D eigenvalue weighted by atomic mass is 79.9. The zero-order valence-electron chi connectivity index (χ0n) is 17.3. The first-order valence-electron chi connectivity index (χ1n) is 9.40. The van der Waals surface area contributed by atoms with Crippen molar-refractivity contribution in [3.63, 3.8) is 0 Å². The number of amides is 2. The minimum Gasteiger partial charge on any atom is -0.484 e. The fraction of sp³-hybridized carbons (Fsp3) is 0.318. The molecule has 8 heteroatoms. The van der Waals surface area contributed by atoms with Crippen LogP contribution in [0.2, 0.25) is 0 Å². The molecule has 2 rings (SSSR count). The van der Waals surface area contributed by atoms with Crippen molar-refractivity contribution in [1.82, 2.24) is 10.7 Å². The Kier molecular flexibility index (Phi) is 9.39. The number of hydrogen-bond acceptors (Lipinski definition) is 5. The number of nitrogens with zero attached hydrogens (tertiary/aromatic N) is 1. The quantitative estimate of drug-likeness (QED) is 0.408. The fourth-order valence-corrected chi connectivity index (χ4v) is 3.77. The van der Waals surface area contributed by atoms with E-state index in [1.54, 1.807) is 30.5 Å². The molecule has 0 radical (unpaired) electrons. The van der Waals surface area contributed by atoms with Gasteiger partial charge in [0.05, 0.1) is 12.0 Å².